The van der Waals surface area contributed by atoms with Crippen LogP contribution in [-0.4, -0.2) is 36.1 Å². The van der Waals surface area contributed by atoms with Crippen molar-refractivity contribution in [2.45, 2.75) is 53.2 Å². The monoisotopic (exact) mass is 496 g/mol. The van der Waals surface area contributed by atoms with Gasteiger partial charge < -0.3 is 15.5 Å². The lowest BCUT2D eigenvalue weighted by Gasteiger charge is -2.12. The molecule has 0 aliphatic heterocycles. The van der Waals surface area contributed by atoms with E-state index in [1.807, 2.05) is 67.4 Å². The molecule has 0 spiro atoms. The topological polar surface area (TPSA) is 123 Å². The molecule has 1 saturated carbocycles. The minimum atomic E-state index is -0.0710. The number of ether oxygens (including phenoxy) is 1. The number of rotatable bonds is 7. The molecule has 3 aromatic heterocycles. The molecule has 5 rings (SSSR count). The van der Waals surface area contributed by atoms with Crippen LogP contribution in [0.1, 0.15) is 55.3 Å². The van der Waals surface area contributed by atoms with Gasteiger partial charge in [0.2, 0.25) is 0 Å². The number of nitrogens with two attached hydrogens (primary N) is 1. The lowest BCUT2D eigenvalue weighted by molar-refractivity contribution is 0.0755. The highest BCUT2D eigenvalue weighted by Crippen LogP contribution is 2.33. The van der Waals surface area contributed by atoms with Gasteiger partial charge >= 0.3 is 0 Å². The van der Waals surface area contributed by atoms with Gasteiger partial charge in [0, 0.05) is 47.6 Å². The lowest BCUT2D eigenvalue weighted by Crippen LogP contribution is -2.05. The zero-order valence-electron chi connectivity index (χ0n) is 21.7. The Morgan fingerprint density at radius 3 is 2.62 bits per heavy atom. The highest BCUT2D eigenvalue weighted by atomic mass is 16.5. The molecule has 1 atom stereocenters. The Morgan fingerprint density at radius 1 is 1.19 bits per heavy atom. The average molecular weight is 497 g/mol. The van der Waals surface area contributed by atoms with Gasteiger partial charge in [0.05, 0.1) is 23.4 Å². The average Bonchev–Trinajstić information content (AvgIpc) is 3.55. The van der Waals surface area contributed by atoms with E-state index in [9.17, 15) is 5.26 Å². The highest BCUT2D eigenvalue weighted by molar-refractivity contribution is 5.91. The molecule has 0 saturated heterocycles. The van der Waals surface area contributed by atoms with Crippen molar-refractivity contribution in [3.8, 4) is 23.1 Å². The van der Waals surface area contributed by atoms with Crippen LogP contribution in [0.5, 0.6) is 0 Å². The fourth-order valence-electron chi connectivity index (χ4n) is 4.81. The number of nitrogen functional groups attached to an aromatic ring is 1. The van der Waals surface area contributed by atoms with E-state index in [2.05, 4.69) is 11.1 Å². The summed E-state index contributed by atoms with van der Waals surface area (Å²) in [6.07, 6.45) is 4.10. The first kappa shape index (κ1) is 24.5. The van der Waals surface area contributed by atoms with Gasteiger partial charge in [0.1, 0.15) is 17.2 Å². The number of aryl methyl sites for hydroxylation is 1. The van der Waals surface area contributed by atoms with Gasteiger partial charge in [-0.1, -0.05) is 12.1 Å². The smallest absolute Gasteiger partial charge is 0.157 e. The minimum absolute atomic E-state index is 0.0710. The Morgan fingerprint density at radius 2 is 1.95 bits per heavy atom. The molecule has 0 bridgehead atoms. The molecule has 0 amide bonds. The van der Waals surface area contributed by atoms with Crippen LogP contribution in [0, 0.1) is 31.1 Å². The molecule has 37 heavy (non-hydrogen) atoms. The normalized spacial score (nSPS) is 13.9. The Labute approximate surface area is 216 Å². The zero-order chi connectivity index (χ0) is 26.1. The fourth-order valence-corrected chi connectivity index (χ4v) is 4.81. The molecule has 3 N–H and O–H groups in total. The zero-order valence-corrected chi connectivity index (χ0v) is 21.7. The summed E-state index contributed by atoms with van der Waals surface area (Å²) in [7, 11) is 0. The highest BCUT2D eigenvalue weighted by Gasteiger charge is 2.24. The van der Waals surface area contributed by atoms with E-state index in [4.69, 9.17) is 25.7 Å². The third-order valence-corrected chi connectivity index (χ3v) is 6.79. The largest absolute Gasteiger partial charge is 0.385 e. The van der Waals surface area contributed by atoms with E-state index in [1.54, 1.807) is 12.3 Å². The molecule has 1 fully saturated rings. The van der Waals surface area contributed by atoms with Crippen LogP contribution < -0.4 is 5.73 Å². The van der Waals surface area contributed by atoms with Gasteiger partial charge in [-0.25, -0.2) is 14.3 Å². The summed E-state index contributed by atoms with van der Waals surface area (Å²) >= 11 is 0. The Kier molecular flexibility index (Phi) is 6.68. The third kappa shape index (κ3) is 4.93. The first-order valence-electron chi connectivity index (χ1n) is 12.7. The summed E-state index contributed by atoms with van der Waals surface area (Å²) < 4.78 is 9.65. The Bertz CT molecular complexity index is 1530. The summed E-state index contributed by atoms with van der Waals surface area (Å²) in [5.41, 5.74) is 12.6. The number of nitrogens with one attached hydrogen (secondary N) is 1. The number of hydrogen-bond acceptors (Lipinski definition) is 6. The molecule has 3 heterocycles. The minimum Gasteiger partial charge on any atom is -0.385 e. The van der Waals surface area contributed by atoms with Gasteiger partial charge in [0.25, 0.3) is 0 Å². The standard InChI is InChI=1S/C28H32N8O/c1-5-37-19(4)26-17(2)33-36(18(26)3)25-14-24(30)32-28-23(12-13-31-25)27(34-35(28)16-21-6-7-21)22-10-8-20(15-29)9-11-22/h8-14,19,21,32H,5-7,16,30H2,1-4H3. The maximum absolute atomic E-state index is 9.20. The predicted octanol–water partition coefficient (Wildman–Crippen LogP) is 5.31. The number of hydrogen-bond donors (Lipinski definition) is 2. The van der Waals surface area contributed by atoms with Gasteiger partial charge in [-0.05, 0) is 64.7 Å². The summed E-state index contributed by atoms with van der Waals surface area (Å²) in [6.45, 7) is 9.47. The number of aromatic nitrogens is 6. The molecule has 190 valence electrons. The van der Waals surface area contributed by atoms with Crippen LogP contribution in [0.15, 0.2) is 42.6 Å². The van der Waals surface area contributed by atoms with E-state index in [0.717, 1.165) is 45.8 Å². The van der Waals surface area contributed by atoms with Gasteiger partial charge in [-0.3, -0.25) is 0 Å². The van der Waals surface area contributed by atoms with Crippen molar-refractivity contribution in [3.63, 3.8) is 0 Å². The van der Waals surface area contributed by atoms with Crippen molar-refractivity contribution in [1.29, 1.82) is 5.26 Å². The van der Waals surface area contributed by atoms with Gasteiger partial charge in [0.15, 0.2) is 5.82 Å². The van der Waals surface area contributed by atoms with E-state index in [1.165, 1.54) is 12.8 Å². The van der Waals surface area contributed by atoms with Gasteiger partial charge in [-0.2, -0.15) is 15.5 Å². The maximum Gasteiger partial charge on any atom is 0.157 e. The molecule has 9 heteroatoms. The molecular weight excluding hydrogens is 464 g/mol. The third-order valence-electron chi connectivity index (χ3n) is 6.79. The number of anilines is 1. The Balaban J connectivity index is 1.68. The fraction of sp³-hybridized carbons (Fsp3) is 0.357. The lowest BCUT2D eigenvalue weighted by atomic mass is 10.1. The summed E-state index contributed by atoms with van der Waals surface area (Å²) in [5, 5.41) is 19.8. The second kappa shape index (κ2) is 10.1. The number of nitriles is 1. The van der Waals surface area contributed by atoms with Crippen molar-refractivity contribution in [2.24, 2.45) is 5.92 Å². The van der Waals surface area contributed by atoms with E-state index >= 15 is 0 Å². The second-order valence-corrected chi connectivity index (χ2v) is 9.55. The van der Waals surface area contributed by atoms with Crippen LogP contribution in [0.3, 0.4) is 0 Å². The number of H-pyrrole nitrogens is 1. The molecular formula is C28H32N8O. The number of nitrogens with zero attached hydrogens (tertiary/aromatic N) is 6. The van der Waals surface area contributed by atoms with Gasteiger partial charge in [-0.15, -0.1) is 0 Å². The number of benzene rings is 1. The molecule has 4 aromatic rings. The van der Waals surface area contributed by atoms with Crippen LogP contribution >= 0.6 is 0 Å². The number of fused-ring (bicyclic) bond motifs is 1. The van der Waals surface area contributed by atoms with E-state index in [0.29, 0.717) is 29.7 Å². The van der Waals surface area contributed by atoms with Crippen molar-refractivity contribution in [3.05, 3.63) is 65.1 Å². The second-order valence-electron chi connectivity index (χ2n) is 9.55. The summed E-state index contributed by atoms with van der Waals surface area (Å²) in [5.74, 6) is 1.66. The maximum atomic E-state index is 9.20. The molecule has 1 unspecified atom stereocenters. The SMILES string of the molecule is CCOC(C)c1c(C)nn(-c2cc(N)[nH]c3c(ccn2)c(-c2ccc(C#N)cc2)nn3CC2CC2)c1C. The van der Waals surface area contributed by atoms with E-state index < -0.39 is 0 Å². The van der Waals surface area contributed by atoms with Crippen molar-refractivity contribution in [1.82, 2.24) is 29.5 Å². The molecule has 0 radical (unpaired) electrons. The first-order chi connectivity index (χ1) is 17.9. The van der Waals surface area contributed by atoms with Crippen molar-refractivity contribution < 1.29 is 4.74 Å². The molecule has 1 aliphatic carbocycles. The molecule has 9 nitrogen and oxygen atoms in total. The van der Waals surface area contributed by atoms with Crippen LogP contribution in [0.2, 0.25) is 0 Å². The van der Waals surface area contributed by atoms with Crippen LogP contribution in [0.25, 0.3) is 28.1 Å². The quantitative estimate of drug-likeness (QED) is 0.357. The van der Waals surface area contributed by atoms with Crippen LogP contribution in [0.4, 0.5) is 5.82 Å². The molecule has 1 aliphatic rings. The first-order valence-corrected chi connectivity index (χ1v) is 12.7. The van der Waals surface area contributed by atoms with E-state index in [-0.39, 0.29) is 6.10 Å². The number of aromatic amines is 1. The summed E-state index contributed by atoms with van der Waals surface area (Å²) in [6, 6.07) is 13.4. The Hall–Kier alpha value is -4.16. The van der Waals surface area contributed by atoms with Crippen molar-refractivity contribution >= 4 is 16.9 Å². The molecule has 1 aromatic carbocycles. The predicted molar refractivity (Wildman–Crippen MR) is 143 cm³/mol. The van der Waals surface area contributed by atoms with Crippen LogP contribution in [-0.2, 0) is 11.3 Å². The summed E-state index contributed by atoms with van der Waals surface area (Å²) in [4.78, 5) is 8.14. The van der Waals surface area contributed by atoms with Crippen molar-refractivity contribution in [2.75, 3.05) is 12.3 Å².